The summed E-state index contributed by atoms with van der Waals surface area (Å²) >= 11 is 0. The largest absolute Gasteiger partial charge is 0.483 e. The predicted octanol–water partition coefficient (Wildman–Crippen LogP) is 3.76. The summed E-state index contributed by atoms with van der Waals surface area (Å²) in [6, 6.07) is 8.21. The molecule has 2 N–H and O–H groups in total. The molecule has 2 atom stereocenters. The van der Waals surface area contributed by atoms with E-state index in [0.29, 0.717) is 11.5 Å². The summed E-state index contributed by atoms with van der Waals surface area (Å²) in [5.41, 5.74) is 3.18. The molecule has 2 aliphatic heterocycles. The van der Waals surface area contributed by atoms with Crippen molar-refractivity contribution in [2.45, 2.75) is 25.6 Å². The Bertz CT molecular complexity index is 1300. The monoisotopic (exact) mass is 456 g/mol. The molecule has 0 amide bonds. The third-order valence-electron chi connectivity index (χ3n) is 5.74. The SMILES string of the molecule is C=S1(=Nc2cc(C)c3c(Nc4ccc(F)cc4O[C@H]4COC[C@H]4O)ncnc3c2)CCC1. The Kier molecular flexibility index (Phi) is 5.48. The molecule has 0 radical (unpaired) electrons. The predicted molar refractivity (Wildman–Crippen MR) is 126 cm³/mol. The fourth-order valence-electron chi connectivity index (χ4n) is 3.94. The summed E-state index contributed by atoms with van der Waals surface area (Å²) in [7, 11) is -1.13. The van der Waals surface area contributed by atoms with Crippen molar-refractivity contribution in [1.82, 2.24) is 9.97 Å². The number of hydrogen-bond acceptors (Lipinski definition) is 7. The van der Waals surface area contributed by atoms with Crippen LogP contribution in [0, 0.1) is 12.7 Å². The van der Waals surface area contributed by atoms with E-state index >= 15 is 0 Å². The van der Waals surface area contributed by atoms with E-state index in [-0.39, 0.29) is 19.0 Å². The fraction of sp³-hybridized carbons (Fsp3) is 0.348. The number of nitrogens with one attached hydrogen (secondary N) is 1. The zero-order chi connectivity index (χ0) is 22.3. The Balaban J connectivity index is 1.51. The summed E-state index contributed by atoms with van der Waals surface area (Å²) in [5.74, 6) is 6.90. The first-order valence-electron chi connectivity index (χ1n) is 10.5. The molecule has 5 rings (SSSR count). The van der Waals surface area contributed by atoms with Gasteiger partial charge in [-0.3, -0.25) is 0 Å². The molecule has 9 heteroatoms. The number of aromatic nitrogens is 2. The third-order valence-corrected chi connectivity index (χ3v) is 8.44. The van der Waals surface area contributed by atoms with Crippen molar-refractivity contribution in [2.75, 3.05) is 30.0 Å². The van der Waals surface area contributed by atoms with Gasteiger partial charge in [-0.25, -0.2) is 18.7 Å². The van der Waals surface area contributed by atoms with Gasteiger partial charge in [0.25, 0.3) is 0 Å². The van der Waals surface area contributed by atoms with Crippen molar-refractivity contribution in [1.29, 1.82) is 0 Å². The van der Waals surface area contributed by atoms with Crippen molar-refractivity contribution >= 4 is 43.4 Å². The van der Waals surface area contributed by atoms with E-state index in [1.807, 2.05) is 19.1 Å². The maximum Gasteiger partial charge on any atom is 0.150 e. The molecule has 0 spiro atoms. The molecule has 168 valence electrons. The number of halogens is 1. The number of aliphatic hydroxyl groups excluding tert-OH is 1. The van der Waals surface area contributed by atoms with Gasteiger partial charge in [0, 0.05) is 11.5 Å². The first-order chi connectivity index (χ1) is 15.4. The average molecular weight is 457 g/mol. The van der Waals surface area contributed by atoms with E-state index < -0.39 is 27.4 Å². The summed E-state index contributed by atoms with van der Waals surface area (Å²) < 4.78 is 30.0. The summed E-state index contributed by atoms with van der Waals surface area (Å²) in [5, 5.41) is 14.1. The van der Waals surface area contributed by atoms with Crippen LogP contribution in [-0.4, -0.2) is 57.9 Å². The van der Waals surface area contributed by atoms with Crippen LogP contribution in [-0.2, 0) is 14.2 Å². The van der Waals surface area contributed by atoms with E-state index in [4.69, 9.17) is 13.8 Å². The number of nitrogens with zero attached hydrogens (tertiary/aromatic N) is 3. The average Bonchev–Trinajstić information content (AvgIpc) is 3.13. The second kappa shape index (κ2) is 8.31. The molecular weight excluding hydrogens is 431 g/mol. The Hall–Kier alpha value is -2.75. The minimum atomic E-state index is -1.13. The van der Waals surface area contributed by atoms with Gasteiger partial charge in [-0.2, -0.15) is 0 Å². The molecule has 3 aromatic rings. The normalized spacial score (nSPS) is 21.8. The van der Waals surface area contributed by atoms with E-state index in [1.165, 1.54) is 24.9 Å². The van der Waals surface area contributed by atoms with E-state index in [1.54, 1.807) is 6.07 Å². The van der Waals surface area contributed by atoms with Gasteiger partial charge in [0.05, 0.1) is 30.1 Å². The fourth-order valence-corrected chi connectivity index (χ4v) is 5.63. The smallest absolute Gasteiger partial charge is 0.150 e. The van der Waals surface area contributed by atoms with E-state index in [2.05, 4.69) is 21.2 Å². The van der Waals surface area contributed by atoms with Crippen LogP contribution in [0.1, 0.15) is 12.0 Å². The molecule has 0 aliphatic carbocycles. The second-order valence-corrected chi connectivity index (χ2v) is 11.3. The molecule has 2 aliphatic rings. The van der Waals surface area contributed by atoms with Crippen molar-refractivity contribution in [3.05, 3.63) is 48.0 Å². The lowest BCUT2D eigenvalue weighted by atomic mass is 10.1. The number of aryl methyl sites for hydroxylation is 1. The van der Waals surface area contributed by atoms with Gasteiger partial charge in [0.2, 0.25) is 0 Å². The first kappa shape index (κ1) is 21.1. The number of fused-ring (bicyclic) bond motifs is 1. The number of aliphatic hydroxyl groups is 1. The van der Waals surface area contributed by atoms with Gasteiger partial charge in [-0.15, -0.1) is 9.41 Å². The highest BCUT2D eigenvalue weighted by atomic mass is 32.2. The molecule has 1 aromatic heterocycles. The van der Waals surface area contributed by atoms with Crippen molar-refractivity contribution in [2.24, 2.45) is 4.36 Å². The molecule has 0 saturated carbocycles. The van der Waals surface area contributed by atoms with Gasteiger partial charge in [-0.1, -0.05) is 5.87 Å². The molecular formula is C23H25FN4O3S. The van der Waals surface area contributed by atoms with Crippen LogP contribution in [0.25, 0.3) is 10.9 Å². The standard InChI is InChI=1S/C23H25FN4O3S/c1-14-8-16(28-32(2)6-3-7-32)10-18-22(14)23(26-13-25-18)27-17-5-4-15(24)9-20(17)31-21-12-30-11-19(21)29/h4-5,8-10,13,19,21,29H,2-3,6-7,11-12H2,1H3,(H,25,26,27)/t19-,21+/m1/s1. The van der Waals surface area contributed by atoms with Crippen molar-refractivity contribution < 1.29 is 19.0 Å². The zero-order valence-electron chi connectivity index (χ0n) is 17.8. The van der Waals surface area contributed by atoms with Gasteiger partial charge >= 0.3 is 0 Å². The molecule has 0 bridgehead atoms. The Labute approximate surface area is 186 Å². The second-order valence-electron chi connectivity index (χ2n) is 8.26. The van der Waals surface area contributed by atoms with Crippen LogP contribution in [0.15, 0.2) is 41.0 Å². The molecule has 0 unspecified atom stereocenters. The lowest BCUT2D eigenvalue weighted by Crippen LogP contribution is -2.30. The quantitative estimate of drug-likeness (QED) is 0.569. The van der Waals surface area contributed by atoms with Gasteiger partial charge in [-0.05, 0) is 54.7 Å². The third kappa shape index (κ3) is 4.15. The van der Waals surface area contributed by atoms with Crippen LogP contribution >= 0.6 is 0 Å². The number of ether oxygens (including phenoxy) is 2. The number of benzene rings is 2. The maximum absolute atomic E-state index is 13.9. The molecule has 32 heavy (non-hydrogen) atoms. The lowest BCUT2D eigenvalue weighted by molar-refractivity contribution is 0.0736. The highest BCUT2D eigenvalue weighted by Gasteiger charge is 2.29. The van der Waals surface area contributed by atoms with Crippen LogP contribution in [0.3, 0.4) is 0 Å². The van der Waals surface area contributed by atoms with Crippen LogP contribution in [0.5, 0.6) is 5.75 Å². The Morgan fingerprint density at radius 2 is 2.09 bits per heavy atom. The van der Waals surface area contributed by atoms with Gasteiger partial charge in [0.1, 0.15) is 29.8 Å². The highest BCUT2D eigenvalue weighted by Crippen LogP contribution is 2.35. The van der Waals surface area contributed by atoms with Crippen LogP contribution in [0.4, 0.5) is 21.6 Å². The minimum absolute atomic E-state index is 0.197. The topological polar surface area (TPSA) is 88.9 Å². The van der Waals surface area contributed by atoms with Crippen LogP contribution < -0.4 is 10.1 Å². The first-order valence-corrected chi connectivity index (χ1v) is 12.6. The number of rotatable bonds is 5. The summed E-state index contributed by atoms with van der Waals surface area (Å²) in [6.45, 7) is 2.44. The highest BCUT2D eigenvalue weighted by molar-refractivity contribution is 8.03. The summed E-state index contributed by atoms with van der Waals surface area (Å²) in [4.78, 5) is 8.87. The summed E-state index contributed by atoms with van der Waals surface area (Å²) in [6.07, 6.45) is 1.36. The van der Waals surface area contributed by atoms with Gasteiger partial charge in [0.15, 0.2) is 6.10 Å². The molecule has 7 nitrogen and oxygen atoms in total. The zero-order valence-corrected chi connectivity index (χ0v) is 18.6. The van der Waals surface area contributed by atoms with E-state index in [0.717, 1.165) is 33.7 Å². The lowest BCUT2D eigenvalue weighted by Gasteiger charge is -2.24. The van der Waals surface area contributed by atoms with Crippen molar-refractivity contribution in [3.63, 3.8) is 0 Å². The molecule has 3 heterocycles. The van der Waals surface area contributed by atoms with Crippen molar-refractivity contribution in [3.8, 4) is 5.75 Å². The van der Waals surface area contributed by atoms with E-state index in [9.17, 15) is 9.50 Å². The molecule has 2 aromatic carbocycles. The number of anilines is 2. The Morgan fingerprint density at radius 3 is 2.81 bits per heavy atom. The Morgan fingerprint density at radius 1 is 1.25 bits per heavy atom. The maximum atomic E-state index is 13.9. The van der Waals surface area contributed by atoms with Gasteiger partial charge < -0.3 is 19.9 Å². The van der Waals surface area contributed by atoms with Crippen LogP contribution in [0.2, 0.25) is 0 Å². The molecule has 2 saturated heterocycles. The number of hydrogen-bond donors (Lipinski definition) is 2. The molecule has 2 fully saturated rings. The minimum Gasteiger partial charge on any atom is -0.483 e.